The van der Waals surface area contributed by atoms with Crippen LogP contribution < -0.4 is 10.1 Å². The number of pyridine rings is 1. The minimum Gasteiger partial charge on any atom is -0.492 e. The molecule has 0 unspecified atom stereocenters. The number of hydrogen-bond acceptors (Lipinski definition) is 3. The van der Waals surface area contributed by atoms with E-state index in [1.807, 2.05) is 60.8 Å². The van der Waals surface area contributed by atoms with E-state index in [4.69, 9.17) is 4.74 Å². The minimum atomic E-state index is -0.172. The third kappa shape index (κ3) is 3.50. The zero-order valence-corrected chi connectivity index (χ0v) is 14.9. The van der Waals surface area contributed by atoms with Gasteiger partial charge in [-0.25, -0.2) is 4.98 Å². The van der Waals surface area contributed by atoms with E-state index in [1.54, 1.807) is 0 Å². The third-order valence-electron chi connectivity index (χ3n) is 3.98. The second-order valence-electron chi connectivity index (χ2n) is 5.98. The van der Waals surface area contributed by atoms with Gasteiger partial charge in [0, 0.05) is 6.20 Å². The Morgan fingerprint density at radius 3 is 2.76 bits per heavy atom. The number of carbonyl (C=O) groups excluding carboxylic acids is 1. The molecule has 0 saturated carbocycles. The van der Waals surface area contributed by atoms with Gasteiger partial charge < -0.3 is 10.1 Å². The summed E-state index contributed by atoms with van der Waals surface area (Å²) < 4.78 is 7.48. The molecule has 5 nitrogen and oxygen atoms in total. The lowest BCUT2D eigenvalue weighted by molar-refractivity contribution is 0.102. The average Bonchev–Trinajstić information content (AvgIpc) is 2.94. The summed E-state index contributed by atoms with van der Waals surface area (Å²) in [5.74, 6) is 0.495. The number of nitrogens with zero attached hydrogens (tertiary/aromatic N) is 2. The summed E-state index contributed by atoms with van der Waals surface area (Å²) in [6.07, 6.45) is 3.64. The van der Waals surface area contributed by atoms with E-state index in [0.29, 0.717) is 23.7 Å². The molecule has 0 radical (unpaired) electrons. The van der Waals surface area contributed by atoms with E-state index in [9.17, 15) is 4.79 Å². The van der Waals surface area contributed by atoms with Crippen LogP contribution in [0.4, 0.5) is 5.69 Å². The Balaban J connectivity index is 2.02. The largest absolute Gasteiger partial charge is 0.492 e. The highest BCUT2D eigenvalue weighted by Gasteiger charge is 2.20. The smallest absolute Gasteiger partial charge is 0.274 e. The third-order valence-corrected chi connectivity index (χ3v) is 3.98. The van der Waals surface area contributed by atoms with E-state index < -0.39 is 0 Å². The highest BCUT2D eigenvalue weighted by atomic mass is 16.5. The van der Waals surface area contributed by atoms with E-state index in [2.05, 4.69) is 17.2 Å². The van der Waals surface area contributed by atoms with Gasteiger partial charge in [0.2, 0.25) is 0 Å². The first-order valence-electron chi connectivity index (χ1n) is 8.64. The Labute approximate surface area is 147 Å². The first kappa shape index (κ1) is 17.0. The van der Waals surface area contributed by atoms with Gasteiger partial charge in [-0.15, -0.1) is 0 Å². The van der Waals surface area contributed by atoms with Crippen molar-refractivity contribution < 1.29 is 9.53 Å². The van der Waals surface area contributed by atoms with Crippen molar-refractivity contribution >= 4 is 17.2 Å². The van der Waals surface area contributed by atoms with Crippen molar-refractivity contribution in [1.29, 1.82) is 0 Å². The van der Waals surface area contributed by atoms with Gasteiger partial charge >= 0.3 is 0 Å². The molecule has 0 bridgehead atoms. The number of ether oxygens (including phenoxy) is 1. The van der Waals surface area contributed by atoms with Crippen molar-refractivity contribution in [2.45, 2.75) is 33.6 Å². The van der Waals surface area contributed by atoms with Crippen LogP contribution in [-0.4, -0.2) is 21.9 Å². The van der Waals surface area contributed by atoms with Crippen molar-refractivity contribution in [1.82, 2.24) is 9.38 Å². The number of nitrogens with one attached hydrogen (secondary N) is 1. The molecule has 1 aromatic carbocycles. The Hall–Kier alpha value is -2.82. The van der Waals surface area contributed by atoms with Gasteiger partial charge in [-0.2, -0.15) is 0 Å². The number of carbonyl (C=O) groups is 1. The molecule has 0 aliphatic heterocycles. The molecule has 5 heteroatoms. The maximum absolute atomic E-state index is 13.0. The molecule has 0 atom stereocenters. The molecule has 3 rings (SSSR count). The summed E-state index contributed by atoms with van der Waals surface area (Å²) in [5.41, 5.74) is 3.94. The molecule has 0 aliphatic carbocycles. The highest BCUT2D eigenvalue weighted by molar-refractivity contribution is 6.05. The number of hydrogen-bond donors (Lipinski definition) is 1. The lowest BCUT2D eigenvalue weighted by Crippen LogP contribution is -2.17. The number of aryl methyl sites for hydroxylation is 2. The van der Waals surface area contributed by atoms with Gasteiger partial charge in [-0.1, -0.05) is 31.5 Å². The predicted molar refractivity (Wildman–Crippen MR) is 99.5 cm³/mol. The van der Waals surface area contributed by atoms with Crippen LogP contribution in [0.1, 0.15) is 42.0 Å². The zero-order valence-electron chi connectivity index (χ0n) is 14.9. The van der Waals surface area contributed by atoms with Gasteiger partial charge in [0.15, 0.2) is 0 Å². The fraction of sp³-hybridized carbons (Fsp3) is 0.300. The molecule has 3 aromatic rings. The highest BCUT2D eigenvalue weighted by Crippen LogP contribution is 2.25. The molecular weight excluding hydrogens is 314 g/mol. The number of para-hydroxylation sites is 2. The summed E-state index contributed by atoms with van der Waals surface area (Å²) in [7, 11) is 0. The van der Waals surface area contributed by atoms with E-state index >= 15 is 0 Å². The van der Waals surface area contributed by atoms with E-state index in [0.717, 1.165) is 29.7 Å². The van der Waals surface area contributed by atoms with Crippen molar-refractivity contribution in [3.05, 3.63) is 59.5 Å². The van der Waals surface area contributed by atoms with Gasteiger partial charge in [0.1, 0.15) is 17.1 Å². The second-order valence-corrected chi connectivity index (χ2v) is 5.98. The van der Waals surface area contributed by atoms with Crippen LogP contribution in [-0.2, 0) is 6.42 Å². The average molecular weight is 337 g/mol. The summed E-state index contributed by atoms with van der Waals surface area (Å²) >= 11 is 0. The fourth-order valence-electron chi connectivity index (χ4n) is 2.88. The minimum absolute atomic E-state index is 0.172. The number of imidazole rings is 1. The van der Waals surface area contributed by atoms with Crippen LogP contribution in [0.5, 0.6) is 5.75 Å². The molecule has 130 valence electrons. The van der Waals surface area contributed by atoms with Crippen molar-refractivity contribution in [3.8, 4) is 5.75 Å². The molecule has 0 spiro atoms. The zero-order chi connectivity index (χ0) is 17.8. The maximum Gasteiger partial charge on any atom is 0.274 e. The first-order chi connectivity index (χ1) is 12.1. The van der Waals surface area contributed by atoms with E-state index in [1.165, 1.54) is 0 Å². The van der Waals surface area contributed by atoms with Crippen LogP contribution in [0.3, 0.4) is 0 Å². The van der Waals surface area contributed by atoms with Gasteiger partial charge in [-0.05, 0) is 44.0 Å². The molecule has 2 aromatic heterocycles. The number of amides is 1. The molecule has 1 amide bonds. The monoisotopic (exact) mass is 337 g/mol. The summed E-state index contributed by atoms with van der Waals surface area (Å²) in [6.45, 7) is 6.56. The molecule has 0 saturated heterocycles. The van der Waals surface area contributed by atoms with Crippen LogP contribution in [0, 0.1) is 6.92 Å². The maximum atomic E-state index is 13.0. The number of benzene rings is 1. The number of anilines is 1. The van der Waals surface area contributed by atoms with Crippen molar-refractivity contribution in [2.24, 2.45) is 0 Å². The lowest BCUT2D eigenvalue weighted by Gasteiger charge is -2.12. The van der Waals surface area contributed by atoms with E-state index in [-0.39, 0.29) is 5.91 Å². The second kappa shape index (κ2) is 7.38. The molecule has 1 N–H and O–H groups in total. The summed E-state index contributed by atoms with van der Waals surface area (Å²) in [4.78, 5) is 17.7. The predicted octanol–water partition coefficient (Wildman–Crippen LogP) is 4.25. The van der Waals surface area contributed by atoms with Crippen LogP contribution in [0.15, 0.2) is 42.6 Å². The Morgan fingerprint density at radius 1 is 1.20 bits per heavy atom. The fourth-order valence-corrected chi connectivity index (χ4v) is 2.88. The summed E-state index contributed by atoms with van der Waals surface area (Å²) in [5, 5.41) is 2.98. The number of rotatable bonds is 6. The van der Waals surface area contributed by atoms with Gasteiger partial charge in [-0.3, -0.25) is 9.20 Å². The quantitative estimate of drug-likeness (QED) is 0.732. The van der Waals surface area contributed by atoms with Crippen LogP contribution in [0.2, 0.25) is 0 Å². The number of fused-ring (bicyclic) bond motifs is 1. The Kier molecular flexibility index (Phi) is 5.03. The summed E-state index contributed by atoms with van der Waals surface area (Å²) in [6, 6.07) is 11.4. The molecular formula is C20H23N3O2. The van der Waals surface area contributed by atoms with Crippen molar-refractivity contribution in [2.75, 3.05) is 11.9 Å². The molecule has 25 heavy (non-hydrogen) atoms. The topological polar surface area (TPSA) is 55.6 Å². The molecule has 2 heterocycles. The Morgan fingerprint density at radius 2 is 2.00 bits per heavy atom. The van der Waals surface area contributed by atoms with Gasteiger partial charge in [0.25, 0.3) is 5.91 Å². The Bertz CT molecular complexity index is 899. The van der Waals surface area contributed by atoms with Gasteiger partial charge in [0.05, 0.1) is 18.0 Å². The normalized spacial score (nSPS) is 10.8. The SMILES string of the molecule is CCCc1nc2ccc(C)cn2c1C(=O)Nc1ccccc1OCC. The molecule has 0 fully saturated rings. The standard InChI is InChI=1S/C20H23N3O2/c1-4-8-16-19(23-13-14(3)11-12-18(23)21-16)20(24)22-15-9-6-7-10-17(15)25-5-2/h6-7,9-13H,4-5,8H2,1-3H3,(H,22,24). The lowest BCUT2D eigenvalue weighted by atomic mass is 10.2. The number of aromatic nitrogens is 2. The van der Waals surface area contributed by atoms with Crippen LogP contribution in [0.25, 0.3) is 5.65 Å². The molecule has 0 aliphatic rings. The van der Waals surface area contributed by atoms with Crippen molar-refractivity contribution in [3.63, 3.8) is 0 Å². The van der Waals surface area contributed by atoms with Crippen LogP contribution >= 0.6 is 0 Å². The first-order valence-corrected chi connectivity index (χ1v) is 8.64.